The minimum absolute atomic E-state index is 0.172. The predicted octanol–water partition coefficient (Wildman–Crippen LogP) is 2.13. The van der Waals surface area contributed by atoms with Crippen molar-refractivity contribution in [3.63, 3.8) is 0 Å². The second-order valence-corrected chi connectivity index (χ2v) is 6.08. The zero-order valence-corrected chi connectivity index (χ0v) is 13.0. The summed E-state index contributed by atoms with van der Waals surface area (Å²) >= 11 is 1.42. The van der Waals surface area contributed by atoms with Crippen LogP contribution >= 0.6 is 11.3 Å². The fourth-order valence-electron chi connectivity index (χ4n) is 2.49. The Hall–Kier alpha value is -2.12. The topological polar surface area (TPSA) is 86.8 Å². The van der Waals surface area contributed by atoms with Gasteiger partial charge in [0.25, 0.3) is 0 Å². The number of hydrogen-bond donors (Lipinski definition) is 3. The van der Waals surface area contributed by atoms with Crippen molar-refractivity contribution < 1.29 is 5.11 Å². The molecule has 1 aromatic heterocycles. The van der Waals surface area contributed by atoms with E-state index in [1.807, 2.05) is 18.2 Å². The van der Waals surface area contributed by atoms with Gasteiger partial charge in [-0.1, -0.05) is 18.2 Å². The Balaban J connectivity index is 1.70. The van der Waals surface area contributed by atoms with E-state index in [2.05, 4.69) is 26.5 Å². The van der Waals surface area contributed by atoms with Gasteiger partial charge in [0.2, 0.25) is 5.13 Å². The summed E-state index contributed by atoms with van der Waals surface area (Å²) in [6.07, 6.45) is 3.23. The zero-order valence-electron chi connectivity index (χ0n) is 12.1. The second kappa shape index (κ2) is 6.76. The average molecular weight is 317 g/mol. The number of aliphatic hydroxyl groups excluding tert-OH is 1. The van der Waals surface area contributed by atoms with Crippen molar-refractivity contribution in [1.82, 2.24) is 4.98 Å². The first-order valence-corrected chi connectivity index (χ1v) is 8.12. The van der Waals surface area contributed by atoms with Crippen molar-refractivity contribution in [3.05, 3.63) is 35.2 Å². The first kappa shape index (κ1) is 14.8. The van der Waals surface area contributed by atoms with Crippen LogP contribution in [-0.4, -0.2) is 35.5 Å². The summed E-state index contributed by atoms with van der Waals surface area (Å²) < 4.78 is 0. The Kier molecular flexibility index (Phi) is 4.55. The number of nitrogens with one attached hydrogen (secondary N) is 1. The van der Waals surface area contributed by atoms with Crippen LogP contribution in [0.2, 0.25) is 0 Å². The van der Waals surface area contributed by atoms with Gasteiger partial charge in [-0.25, -0.2) is 4.98 Å². The average Bonchev–Trinajstić information content (AvgIpc) is 2.94. The standard InChI is InChI=1S/C15H19N5OS/c16-14-10-22-15(18-14)19-17-9-11-3-1-2-4-13(11)20-7-5-12(21)6-8-20/h1-4,9-10,12,21H,5-8,16H2,(H,18,19). The molecule has 4 N–H and O–H groups in total. The van der Waals surface area contributed by atoms with Crippen LogP contribution < -0.4 is 16.1 Å². The van der Waals surface area contributed by atoms with Gasteiger partial charge in [-0.2, -0.15) is 5.10 Å². The van der Waals surface area contributed by atoms with E-state index in [-0.39, 0.29) is 6.10 Å². The summed E-state index contributed by atoms with van der Waals surface area (Å²) in [6, 6.07) is 8.12. The summed E-state index contributed by atoms with van der Waals surface area (Å²) in [5, 5.41) is 16.3. The molecule has 22 heavy (non-hydrogen) atoms. The van der Waals surface area contributed by atoms with E-state index in [4.69, 9.17) is 5.73 Å². The number of hydrogen-bond acceptors (Lipinski definition) is 7. The molecule has 6 nitrogen and oxygen atoms in total. The molecule has 0 saturated carbocycles. The maximum atomic E-state index is 9.63. The summed E-state index contributed by atoms with van der Waals surface area (Å²) in [5.41, 5.74) is 10.6. The maximum absolute atomic E-state index is 9.63. The Labute approximate surface area is 133 Å². The van der Waals surface area contributed by atoms with Gasteiger partial charge in [0.15, 0.2) is 0 Å². The summed E-state index contributed by atoms with van der Waals surface area (Å²) in [4.78, 5) is 6.38. The van der Waals surface area contributed by atoms with Crippen LogP contribution in [0.4, 0.5) is 16.6 Å². The molecule has 0 bridgehead atoms. The molecule has 0 unspecified atom stereocenters. The van der Waals surface area contributed by atoms with Crippen molar-refractivity contribution in [2.45, 2.75) is 18.9 Å². The highest BCUT2D eigenvalue weighted by molar-refractivity contribution is 7.14. The number of anilines is 3. The van der Waals surface area contributed by atoms with Gasteiger partial charge in [0.1, 0.15) is 5.82 Å². The lowest BCUT2D eigenvalue weighted by atomic mass is 10.1. The first-order chi connectivity index (χ1) is 10.7. The van der Waals surface area contributed by atoms with Gasteiger partial charge in [0.05, 0.1) is 12.3 Å². The lowest BCUT2D eigenvalue weighted by Crippen LogP contribution is -2.36. The molecule has 116 valence electrons. The number of aliphatic hydroxyl groups is 1. The van der Waals surface area contributed by atoms with Crippen LogP contribution in [0.3, 0.4) is 0 Å². The Morgan fingerprint density at radius 1 is 1.36 bits per heavy atom. The highest BCUT2D eigenvalue weighted by Gasteiger charge is 2.18. The van der Waals surface area contributed by atoms with E-state index in [0.29, 0.717) is 10.9 Å². The third-order valence-electron chi connectivity index (χ3n) is 3.63. The molecule has 1 aromatic carbocycles. The molecule has 1 aliphatic rings. The lowest BCUT2D eigenvalue weighted by molar-refractivity contribution is 0.145. The third kappa shape index (κ3) is 3.55. The van der Waals surface area contributed by atoms with Crippen LogP contribution in [0.5, 0.6) is 0 Å². The van der Waals surface area contributed by atoms with Gasteiger partial charge in [-0.3, -0.25) is 5.43 Å². The second-order valence-electron chi connectivity index (χ2n) is 5.22. The van der Waals surface area contributed by atoms with Crippen LogP contribution in [-0.2, 0) is 0 Å². The maximum Gasteiger partial charge on any atom is 0.205 e. The fraction of sp³-hybridized carbons (Fsp3) is 0.333. The molecule has 7 heteroatoms. The molecule has 0 spiro atoms. The van der Waals surface area contributed by atoms with Crippen LogP contribution in [0.1, 0.15) is 18.4 Å². The smallest absolute Gasteiger partial charge is 0.205 e. The largest absolute Gasteiger partial charge is 0.393 e. The molecule has 0 amide bonds. The lowest BCUT2D eigenvalue weighted by Gasteiger charge is -2.32. The summed E-state index contributed by atoms with van der Waals surface area (Å²) in [7, 11) is 0. The highest BCUT2D eigenvalue weighted by atomic mass is 32.1. The Morgan fingerprint density at radius 2 is 2.14 bits per heavy atom. The fourth-order valence-corrected chi connectivity index (χ4v) is 3.03. The van der Waals surface area contributed by atoms with Crippen LogP contribution in [0.15, 0.2) is 34.7 Å². The van der Waals surface area contributed by atoms with E-state index in [1.165, 1.54) is 11.3 Å². The Bertz CT molecular complexity index is 649. The number of nitrogens with zero attached hydrogens (tertiary/aromatic N) is 3. The number of para-hydroxylation sites is 1. The molecule has 1 saturated heterocycles. The van der Waals surface area contributed by atoms with Gasteiger partial charge in [0, 0.05) is 29.7 Å². The van der Waals surface area contributed by atoms with Gasteiger partial charge in [-0.15, -0.1) is 11.3 Å². The van der Waals surface area contributed by atoms with Crippen LogP contribution in [0.25, 0.3) is 0 Å². The normalized spacial score (nSPS) is 16.3. The zero-order chi connectivity index (χ0) is 15.4. The minimum atomic E-state index is -0.172. The number of hydrazone groups is 1. The molecule has 2 aromatic rings. The summed E-state index contributed by atoms with van der Waals surface area (Å²) in [6.45, 7) is 1.73. The Morgan fingerprint density at radius 3 is 2.86 bits per heavy atom. The van der Waals surface area contributed by atoms with Crippen molar-refractivity contribution in [2.75, 3.05) is 29.1 Å². The number of nitrogen functional groups attached to an aromatic ring is 1. The molecule has 0 radical (unpaired) electrons. The number of thiazole rings is 1. The number of aromatic nitrogens is 1. The summed E-state index contributed by atoms with van der Waals surface area (Å²) in [5.74, 6) is 0.495. The molecule has 0 atom stereocenters. The molecular formula is C15H19N5OS. The van der Waals surface area contributed by atoms with E-state index >= 15 is 0 Å². The molecule has 2 heterocycles. The number of rotatable bonds is 4. The van der Waals surface area contributed by atoms with Crippen LogP contribution in [0, 0.1) is 0 Å². The van der Waals surface area contributed by atoms with E-state index in [9.17, 15) is 5.11 Å². The van der Waals surface area contributed by atoms with E-state index < -0.39 is 0 Å². The van der Waals surface area contributed by atoms with Crippen molar-refractivity contribution in [2.24, 2.45) is 5.10 Å². The third-order valence-corrected chi connectivity index (χ3v) is 4.39. The predicted molar refractivity (Wildman–Crippen MR) is 91.6 cm³/mol. The molecule has 3 rings (SSSR count). The van der Waals surface area contributed by atoms with E-state index in [0.717, 1.165) is 37.2 Å². The SMILES string of the molecule is Nc1csc(NN=Cc2ccccc2N2CCC(O)CC2)n1. The number of piperidine rings is 1. The number of benzene rings is 1. The first-order valence-electron chi connectivity index (χ1n) is 7.24. The molecular weight excluding hydrogens is 298 g/mol. The molecule has 1 fully saturated rings. The highest BCUT2D eigenvalue weighted by Crippen LogP contribution is 2.23. The minimum Gasteiger partial charge on any atom is -0.393 e. The molecule has 1 aliphatic heterocycles. The van der Waals surface area contributed by atoms with Crippen molar-refractivity contribution >= 4 is 34.2 Å². The van der Waals surface area contributed by atoms with Crippen molar-refractivity contribution in [3.8, 4) is 0 Å². The van der Waals surface area contributed by atoms with Gasteiger partial charge >= 0.3 is 0 Å². The molecule has 0 aliphatic carbocycles. The monoisotopic (exact) mass is 317 g/mol. The van der Waals surface area contributed by atoms with Gasteiger partial charge in [-0.05, 0) is 18.9 Å². The van der Waals surface area contributed by atoms with E-state index in [1.54, 1.807) is 11.6 Å². The van der Waals surface area contributed by atoms with Crippen molar-refractivity contribution in [1.29, 1.82) is 0 Å². The quantitative estimate of drug-likeness (QED) is 0.594. The number of nitrogens with two attached hydrogens (primary N) is 1. The van der Waals surface area contributed by atoms with Gasteiger partial charge < -0.3 is 15.7 Å².